The molecular weight excluding hydrogens is 209 g/mol. The van der Waals surface area contributed by atoms with Crippen molar-refractivity contribution in [2.75, 3.05) is 19.0 Å². The van der Waals surface area contributed by atoms with E-state index in [1.165, 1.54) is 25.3 Å². The van der Waals surface area contributed by atoms with E-state index in [0.717, 1.165) is 0 Å². The molecule has 1 aromatic carbocycles. The van der Waals surface area contributed by atoms with Gasteiger partial charge in [-0.05, 0) is 18.2 Å². The number of rotatable bonds is 3. The zero-order valence-corrected chi connectivity index (χ0v) is 8.27. The van der Waals surface area contributed by atoms with E-state index in [0.29, 0.717) is 5.69 Å². The lowest BCUT2D eigenvalue weighted by atomic mass is 10.3. The first-order chi connectivity index (χ1) is 6.63. The van der Waals surface area contributed by atoms with E-state index in [1.807, 2.05) is 0 Å². The van der Waals surface area contributed by atoms with Crippen LogP contribution < -0.4 is 5.32 Å². The molecule has 1 rings (SSSR count). The smallest absolute Gasteiger partial charge is 0.250 e. The average Bonchev–Trinajstić information content (AvgIpc) is 2.12. The summed E-state index contributed by atoms with van der Waals surface area (Å²) in [6, 6.07) is 3.95. The highest BCUT2D eigenvalue weighted by molar-refractivity contribution is 6.31. The number of halogens is 2. The number of hydrogen-bond acceptors (Lipinski definition) is 2. The molecule has 0 saturated carbocycles. The van der Waals surface area contributed by atoms with Gasteiger partial charge in [-0.25, -0.2) is 4.39 Å². The normalized spacial score (nSPS) is 9.93. The van der Waals surface area contributed by atoms with Gasteiger partial charge in [-0.3, -0.25) is 4.79 Å². The number of carbonyl (C=O) groups is 1. The number of carbonyl (C=O) groups excluding carboxylic acids is 1. The van der Waals surface area contributed by atoms with E-state index < -0.39 is 5.82 Å². The lowest BCUT2D eigenvalue weighted by Crippen LogP contribution is -2.17. The van der Waals surface area contributed by atoms with Crippen molar-refractivity contribution in [3.63, 3.8) is 0 Å². The summed E-state index contributed by atoms with van der Waals surface area (Å²) in [4.78, 5) is 11.0. The molecule has 0 aromatic heterocycles. The number of anilines is 1. The zero-order chi connectivity index (χ0) is 10.6. The molecule has 0 aliphatic heterocycles. The first-order valence-electron chi connectivity index (χ1n) is 3.87. The lowest BCUT2D eigenvalue weighted by Gasteiger charge is -2.04. The summed E-state index contributed by atoms with van der Waals surface area (Å²) in [5.41, 5.74) is 0.443. The standard InChI is InChI=1S/C9H9ClFNO2/c1-14-5-9(13)12-6-2-3-8(11)7(10)4-6/h2-4H,5H2,1H3,(H,12,13). The van der Waals surface area contributed by atoms with E-state index in [1.54, 1.807) is 0 Å². The third-order valence-electron chi connectivity index (χ3n) is 1.48. The Hall–Kier alpha value is -1.13. The van der Waals surface area contributed by atoms with Crippen molar-refractivity contribution in [3.8, 4) is 0 Å². The van der Waals surface area contributed by atoms with E-state index in [9.17, 15) is 9.18 Å². The minimum absolute atomic E-state index is 0.0276. The Morgan fingerprint density at radius 2 is 2.36 bits per heavy atom. The van der Waals surface area contributed by atoms with Crippen LogP contribution in [0, 0.1) is 5.82 Å². The lowest BCUT2D eigenvalue weighted by molar-refractivity contribution is -0.119. The van der Waals surface area contributed by atoms with Gasteiger partial charge in [0.25, 0.3) is 0 Å². The topological polar surface area (TPSA) is 38.3 Å². The van der Waals surface area contributed by atoms with Crippen LogP contribution in [0.1, 0.15) is 0 Å². The van der Waals surface area contributed by atoms with Crippen LogP contribution in [-0.4, -0.2) is 19.6 Å². The fourth-order valence-electron chi connectivity index (χ4n) is 0.902. The van der Waals surface area contributed by atoms with Crippen molar-refractivity contribution in [1.29, 1.82) is 0 Å². The van der Waals surface area contributed by atoms with E-state index in [-0.39, 0.29) is 17.5 Å². The molecule has 14 heavy (non-hydrogen) atoms. The first-order valence-corrected chi connectivity index (χ1v) is 4.25. The number of hydrogen-bond donors (Lipinski definition) is 1. The van der Waals surface area contributed by atoms with Crippen LogP contribution in [0.15, 0.2) is 18.2 Å². The van der Waals surface area contributed by atoms with Gasteiger partial charge in [-0.2, -0.15) is 0 Å². The second-order valence-corrected chi connectivity index (χ2v) is 3.02. The maximum absolute atomic E-state index is 12.7. The molecule has 0 bridgehead atoms. The Balaban J connectivity index is 2.68. The molecule has 5 heteroatoms. The quantitative estimate of drug-likeness (QED) is 0.842. The molecule has 1 amide bonds. The van der Waals surface area contributed by atoms with Gasteiger partial charge in [0.15, 0.2) is 0 Å². The molecule has 0 atom stereocenters. The Morgan fingerprint density at radius 1 is 1.64 bits per heavy atom. The van der Waals surface area contributed by atoms with E-state index in [4.69, 9.17) is 11.6 Å². The van der Waals surface area contributed by atoms with Gasteiger partial charge in [0, 0.05) is 12.8 Å². The zero-order valence-electron chi connectivity index (χ0n) is 7.51. The molecule has 0 saturated heterocycles. The minimum Gasteiger partial charge on any atom is -0.375 e. The average molecular weight is 218 g/mol. The molecule has 0 spiro atoms. The second kappa shape index (κ2) is 4.93. The van der Waals surface area contributed by atoms with Crippen molar-refractivity contribution in [3.05, 3.63) is 29.0 Å². The minimum atomic E-state index is -0.517. The summed E-state index contributed by atoms with van der Waals surface area (Å²) >= 11 is 5.52. The van der Waals surface area contributed by atoms with Gasteiger partial charge in [-0.15, -0.1) is 0 Å². The molecule has 1 aromatic rings. The molecule has 0 unspecified atom stereocenters. The number of ether oxygens (including phenoxy) is 1. The molecule has 0 aliphatic rings. The number of nitrogens with one attached hydrogen (secondary N) is 1. The Labute approximate surface area is 85.8 Å². The number of amides is 1. The Kier molecular flexibility index (Phi) is 3.85. The largest absolute Gasteiger partial charge is 0.375 e. The van der Waals surface area contributed by atoms with E-state index >= 15 is 0 Å². The van der Waals surface area contributed by atoms with Gasteiger partial charge in [0.2, 0.25) is 5.91 Å². The molecule has 0 aliphatic carbocycles. The second-order valence-electron chi connectivity index (χ2n) is 2.61. The van der Waals surface area contributed by atoms with Crippen molar-refractivity contribution in [2.45, 2.75) is 0 Å². The highest BCUT2D eigenvalue weighted by Gasteiger charge is 2.04. The van der Waals surface area contributed by atoms with Crippen LogP contribution in [0.2, 0.25) is 5.02 Å². The fraction of sp³-hybridized carbons (Fsp3) is 0.222. The highest BCUT2D eigenvalue weighted by atomic mass is 35.5. The molecular formula is C9H9ClFNO2. The summed E-state index contributed by atoms with van der Waals surface area (Å²) in [6.07, 6.45) is 0. The maximum atomic E-state index is 12.7. The van der Waals surface area contributed by atoms with Crippen molar-refractivity contribution < 1.29 is 13.9 Å². The molecule has 0 fully saturated rings. The molecule has 0 heterocycles. The fourth-order valence-corrected chi connectivity index (χ4v) is 1.08. The van der Waals surface area contributed by atoms with E-state index in [2.05, 4.69) is 10.1 Å². The molecule has 1 N–H and O–H groups in total. The summed E-state index contributed by atoms with van der Waals surface area (Å²) in [6.45, 7) is -0.0466. The molecule has 3 nitrogen and oxygen atoms in total. The predicted octanol–water partition coefficient (Wildman–Crippen LogP) is 2.06. The van der Waals surface area contributed by atoms with Crippen molar-refractivity contribution in [2.24, 2.45) is 0 Å². The monoisotopic (exact) mass is 217 g/mol. The van der Waals surface area contributed by atoms with Gasteiger partial charge < -0.3 is 10.1 Å². The highest BCUT2D eigenvalue weighted by Crippen LogP contribution is 2.19. The predicted molar refractivity (Wildman–Crippen MR) is 51.9 cm³/mol. The van der Waals surface area contributed by atoms with Crippen LogP contribution >= 0.6 is 11.6 Å². The maximum Gasteiger partial charge on any atom is 0.250 e. The van der Waals surface area contributed by atoms with Gasteiger partial charge in [0.1, 0.15) is 12.4 Å². The summed E-state index contributed by atoms with van der Waals surface area (Å²) in [5.74, 6) is -0.827. The van der Waals surface area contributed by atoms with Gasteiger partial charge >= 0.3 is 0 Å². The summed E-state index contributed by atoms with van der Waals surface area (Å²) in [5, 5.41) is 2.47. The number of methoxy groups -OCH3 is 1. The molecule has 0 radical (unpaired) electrons. The molecule has 76 valence electrons. The van der Waals surface area contributed by atoms with Crippen LogP contribution in [0.3, 0.4) is 0 Å². The first kappa shape index (κ1) is 10.9. The Bertz CT molecular complexity index is 344. The summed E-state index contributed by atoms with van der Waals surface area (Å²) < 4.78 is 17.3. The van der Waals surface area contributed by atoms with Crippen LogP contribution in [0.5, 0.6) is 0 Å². The SMILES string of the molecule is COCC(=O)Nc1ccc(F)c(Cl)c1. The third-order valence-corrected chi connectivity index (χ3v) is 1.77. The summed E-state index contributed by atoms with van der Waals surface area (Å²) in [7, 11) is 1.41. The van der Waals surface area contributed by atoms with Crippen molar-refractivity contribution in [1.82, 2.24) is 0 Å². The van der Waals surface area contributed by atoms with Gasteiger partial charge in [-0.1, -0.05) is 11.6 Å². The van der Waals surface area contributed by atoms with Gasteiger partial charge in [0.05, 0.1) is 5.02 Å². The van der Waals surface area contributed by atoms with Crippen LogP contribution in [-0.2, 0) is 9.53 Å². The van der Waals surface area contributed by atoms with Crippen LogP contribution in [0.25, 0.3) is 0 Å². The van der Waals surface area contributed by atoms with Crippen molar-refractivity contribution >= 4 is 23.2 Å². The Morgan fingerprint density at radius 3 is 2.93 bits per heavy atom. The van der Waals surface area contributed by atoms with Crippen LogP contribution in [0.4, 0.5) is 10.1 Å². The third kappa shape index (κ3) is 2.97. The number of benzene rings is 1.